The van der Waals surface area contributed by atoms with Gasteiger partial charge in [-0.3, -0.25) is 0 Å². The van der Waals surface area contributed by atoms with Crippen LogP contribution in [0, 0.1) is 11.8 Å². The lowest BCUT2D eigenvalue weighted by molar-refractivity contribution is 0.473. The van der Waals surface area contributed by atoms with E-state index in [0.29, 0.717) is 5.56 Å². The van der Waals surface area contributed by atoms with Gasteiger partial charge in [-0.2, -0.15) is 0 Å². The molecule has 0 spiro atoms. The number of para-hydroxylation sites is 1. The van der Waals surface area contributed by atoms with E-state index in [1.54, 1.807) is 12.1 Å². The van der Waals surface area contributed by atoms with E-state index in [-0.39, 0.29) is 5.75 Å². The molecule has 0 fully saturated rings. The van der Waals surface area contributed by atoms with Gasteiger partial charge in [-0.05, 0) is 19.2 Å². The fourth-order valence-electron chi connectivity index (χ4n) is 0.925. The number of nitrogens with one attached hydrogen (secondary N) is 1. The highest BCUT2D eigenvalue weighted by Gasteiger charge is 1.92. The van der Waals surface area contributed by atoms with E-state index in [2.05, 4.69) is 17.2 Å². The molecule has 0 heterocycles. The molecule has 0 unspecified atom stereocenters. The van der Waals surface area contributed by atoms with Gasteiger partial charge in [0.25, 0.3) is 0 Å². The molecule has 13 heavy (non-hydrogen) atoms. The molecule has 0 atom stereocenters. The van der Waals surface area contributed by atoms with Crippen LogP contribution in [0.1, 0.15) is 12.0 Å². The van der Waals surface area contributed by atoms with E-state index >= 15 is 0 Å². The lowest BCUT2D eigenvalue weighted by Crippen LogP contribution is -2.05. The Labute approximate surface area is 78.6 Å². The van der Waals surface area contributed by atoms with Gasteiger partial charge in [0.1, 0.15) is 5.75 Å². The molecule has 2 N–H and O–H groups in total. The largest absolute Gasteiger partial charge is 0.507 e. The van der Waals surface area contributed by atoms with Gasteiger partial charge in [0.15, 0.2) is 0 Å². The molecule has 0 saturated carbocycles. The van der Waals surface area contributed by atoms with Crippen LogP contribution in [-0.4, -0.2) is 18.7 Å². The van der Waals surface area contributed by atoms with Gasteiger partial charge >= 0.3 is 0 Å². The number of phenols is 1. The van der Waals surface area contributed by atoms with Gasteiger partial charge in [-0.1, -0.05) is 24.0 Å². The number of aromatic hydroxyl groups is 1. The number of phenolic OH excluding ortho intramolecular Hbond substituents is 1. The zero-order chi connectivity index (χ0) is 9.52. The van der Waals surface area contributed by atoms with E-state index in [1.807, 2.05) is 19.2 Å². The maximum absolute atomic E-state index is 9.35. The zero-order valence-electron chi connectivity index (χ0n) is 7.67. The van der Waals surface area contributed by atoms with Crippen molar-refractivity contribution < 1.29 is 5.11 Å². The molecular weight excluding hydrogens is 162 g/mol. The van der Waals surface area contributed by atoms with Crippen LogP contribution in [-0.2, 0) is 0 Å². The molecular formula is C11H13NO. The summed E-state index contributed by atoms with van der Waals surface area (Å²) in [6.07, 6.45) is 0.796. The van der Waals surface area contributed by atoms with Crippen LogP contribution in [0.3, 0.4) is 0 Å². The minimum Gasteiger partial charge on any atom is -0.507 e. The molecule has 2 heteroatoms. The Kier molecular flexibility index (Phi) is 3.87. The summed E-state index contributed by atoms with van der Waals surface area (Å²) in [5.41, 5.74) is 0.693. The molecule has 0 aliphatic carbocycles. The average molecular weight is 175 g/mol. The monoisotopic (exact) mass is 175 g/mol. The van der Waals surface area contributed by atoms with Gasteiger partial charge in [-0.25, -0.2) is 0 Å². The highest BCUT2D eigenvalue weighted by Crippen LogP contribution is 2.13. The Hall–Kier alpha value is -1.46. The third kappa shape index (κ3) is 3.18. The van der Waals surface area contributed by atoms with Crippen LogP contribution in [0.5, 0.6) is 5.75 Å². The fourth-order valence-corrected chi connectivity index (χ4v) is 0.925. The third-order valence-electron chi connectivity index (χ3n) is 1.63. The number of hydrogen-bond acceptors (Lipinski definition) is 2. The van der Waals surface area contributed by atoms with Gasteiger partial charge in [0.2, 0.25) is 0 Å². The molecule has 0 radical (unpaired) electrons. The summed E-state index contributed by atoms with van der Waals surface area (Å²) in [5.74, 6) is 6.13. The highest BCUT2D eigenvalue weighted by molar-refractivity contribution is 5.44. The molecule has 68 valence electrons. The van der Waals surface area contributed by atoms with E-state index in [1.165, 1.54) is 0 Å². The number of rotatable bonds is 2. The van der Waals surface area contributed by atoms with Crippen molar-refractivity contribution in [3.05, 3.63) is 29.8 Å². The summed E-state index contributed by atoms with van der Waals surface area (Å²) in [5, 5.41) is 12.4. The van der Waals surface area contributed by atoms with Crippen LogP contribution >= 0.6 is 0 Å². The van der Waals surface area contributed by atoms with Crippen molar-refractivity contribution in [2.75, 3.05) is 13.6 Å². The van der Waals surface area contributed by atoms with Crippen LogP contribution in [0.15, 0.2) is 24.3 Å². The predicted octanol–water partition coefficient (Wildman–Crippen LogP) is 1.35. The highest BCUT2D eigenvalue weighted by atomic mass is 16.3. The molecule has 1 rings (SSSR count). The Morgan fingerprint density at radius 2 is 2.15 bits per heavy atom. The molecule has 1 aromatic carbocycles. The molecule has 0 aliphatic heterocycles. The van der Waals surface area contributed by atoms with Crippen LogP contribution in [0.4, 0.5) is 0 Å². The minimum absolute atomic E-state index is 0.249. The van der Waals surface area contributed by atoms with Gasteiger partial charge < -0.3 is 10.4 Å². The van der Waals surface area contributed by atoms with Crippen molar-refractivity contribution in [1.29, 1.82) is 0 Å². The molecule has 1 aromatic rings. The second kappa shape index (κ2) is 5.23. The maximum Gasteiger partial charge on any atom is 0.131 e. The van der Waals surface area contributed by atoms with Crippen LogP contribution in [0.25, 0.3) is 0 Å². The molecule has 0 saturated heterocycles. The molecule has 0 amide bonds. The summed E-state index contributed by atoms with van der Waals surface area (Å²) in [7, 11) is 1.89. The lowest BCUT2D eigenvalue weighted by atomic mass is 10.2. The van der Waals surface area contributed by atoms with E-state index in [4.69, 9.17) is 0 Å². The van der Waals surface area contributed by atoms with E-state index in [0.717, 1.165) is 13.0 Å². The van der Waals surface area contributed by atoms with E-state index < -0.39 is 0 Å². The van der Waals surface area contributed by atoms with Crippen molar-refractivity contribution in [2.24, 2.45) is 0 Å². The summed E-state index contributed by atoms with van der Waals surface area (Å²) >= 11 is 0. The standard InChI is InChI=1S/C11H13NO/c1-12-9-5-4-7-10-6-2-3-8-11(10)13/h2-3,6,8,12-13H,5,9H2,1H3. The normalized spacial score (nSPS) is 9.00. The average Bonchev–Trinajstić information content (AvgIpc) is 2.15. The maximum atomic E-state index is 9.35. The molecule has 2 nitrogen and oxygen atoms in total. The van der Waals surface area contributed by atoms with Crippen LogP contribution < -0.4 is 5.32 Å². The molecule has 0 bridgehead atoms. The topological polar surface area (TPSA) is 32.3 Å². The summed E-state index contributed by atoms with van der Waals surface area (Å²) in [4.78, 5) is 0. The summed E-state index contributed by atoms with van der Waals surface area (Å²) < 4.78 is 0. The Morgan fingerprint density at radius 3 is 2.85 bits per heavy atom. The van der Waals surface area contributed by atoms with Crippen molar-refractivity contribution in [3.63, 3.8) is 0 Å². The molecule has 0 aliphatic rings. The van der Waals surface area contributed by atoms with Gasteiger partial charge in [-0.15, -0.1) is 0 Å². The van der Waals surface area contributed by atoms with Crippen molar-refractivity contribution in [1.82, 2.24) is 5.32 Å². The van der Waals surface area contributed by atoms with Crippen molar-refractivity contribution in [2.45, 2.75) is 6.42 Å². The number of benzene rings is 1. The summed E-state index contributed by atoms with van der Waals surface area (Å²) in [6, 6.07) is 7.10. The minimum atomic E-state index is 0.249. The smallest absolute Gasteiger partial charge is 0.131 e. The summed E-state index contributed by atoms with van der Waals surface area (Å²) in [6.45, 7) is 0.876. The third-order valence-corrected chi connectivity index (χ3v) is 1.63. The second-order valence-electron chi connectivity index (χ2n) is 2.67. The Bertz CT molecular complexity index is 322. The first kappa shape index (κ1) is 9.63. The van der Waals surface area contributed by atoms with Gasteiger partial charge in [0.05, 0.1) is 5.56 Å². The van der Waals surface area contributed by atoms with E-state index in [9.17, 15) is 5.11 Å². The zero-order valence-corrected chi connectivity index (χ0v) is 7.67. The first-order chi connectivity index (χ1) is 6.34. The first-order valence-corrected chi connectivity index (χ1v) is 4.26. The van der Waals surface area contributed by atoms with Crippen molar-refractivity contribution >= 4 is 0 Å². The van der Waals surface area contributed by atoms with Crippen LogP contribution in [0.2, 0.25) is 0 Å². The predicted molar refractivity (Wildman–Crippen MR) is 53.5 cm³/mol. The SMILES string of the molecule is CNCCC#Cc1ccccc1O. The first-order valence-electron chi connectivity index (χ1n) is 4.26. The number of hydrogen-bond donors (Lipinski definition) is 2. The quantitative estimate of drug-likeness (QED) is 0.525. The van der Waals surface area contributed by atoms with Crippen molar-refractivity contribution in [3.8, 4) is 17.6 Å². The lowest BCUT2D eigenvalue weighted by Gasteiger charge is -1.93. The second-order valence-corrected chi connectivity index (χ2v) is 2.67. The fraction of sp³-hybridized carbons (Fsp3) is 0.273. The molecule has 0 aromatic heterocycles. The Balaban J connectivity index is 2.61. The van der Waals surface area contributed by atoms with Gasteiger partial charge in [0, 0.05) is 13.0 Å². The Morgan fingerprint density at radius 1 is 1.38 bits per heavy atom.